The van der Waals surface area contributed by atoms with Gasteiger partial charge in [-0.1, -0.05) is 23.7 Å². The fourth-order valence-electron chi connectivity index (χ4n) is 1.52. The molecule has 0 spiro atoms. The highest BCUT2D eigenvalue weighted by Gasteiger charge is 2.10. The number of hydrogen-bond donors (Lipinski definition) is 1. The van der Waals surface area contributed by atoms with Crippen molar-refractivity contribution in [2.24, 2.45) is 0 Å². The second-order valence-electron chi connectivity index (χ2n) is 3.62. The minimum absolute atomic E-state index is 0.117. The van der Waals surface area contributed by atoms with E-state index in [1.54, 1.807) is 25.4 Å². The molecular weight excluding hydrogens is 368 g/mol. The highest BCUT2D eigenvalue weighted by Crippen LogP contribution is 2.20. The Morgan fingerprint density at radius 1 is 1.44 bits per heavy atom. The van der Waals surface area contributed by atoms with Gasteiger partial charge in [0.1, 0.15) is 17.5 Å². The van der Waals surface area contributed by atoms with Gasteiger partial charge in [-0.2, -0.15) is 0 Å². The highest BCUT2D eigenvalue weighted by molar-refractivity contribution is 14.1. The minimum Gasteiger partial charge on any atom is -0.372 e. The standard InChI is InChI=1S/C12H10ClFIN3/c1-16-12-9(15)6-17-10(18-12)5-7-3-2-4-8(13)11(7)14/h2-4,6H,5H2,1H3,(H,16,17,18). The second kappa shape index (κ2) is 5.79. The highest BCUT2D eigenvalue weighted by atomic mass is 127. The van der Waals surface area contributed by atoms with Gasteiger partial charge in [0.15, 0.2) is 0 Å². The lowest BCUT2D eigenvalue weighted by atomic mass is 10.1. The predicted molar refractivity (Wildman–Crippen MR) is 78.5 cm³/mol. The maximum absolute atomic E-state index is 13.7. The van der Waals surface area contributed by atoms with Crippen molar-refractivity contribution in [1.29, 1.82) is 0 Å². The molecule has 0 aliphatic rings. The van der Waals surface area contributed by atoms with Gasteiger partial charge in [-0.25, -0.2) is 14.4 Å². The maximum Gasteiger partial charge on any atom is 0.145 e. The molecule has 1 aromatic carbocycles. The summed E-state index contributed by atoms with van der Waals surface area (Å²) in [5.74, 6) is 0.885. The lowest BCUT2D eigenvalue weighted by molar-refractivity contribution is 0.612. The Morgan fingerprint density at radius 3 is 2.94 bits per heavy atom. The van der Waals surface area contributed by atoms with Crippen LogP contribution in [0.2, 0.25) is 5.02 Å². The third-order valence-electron chi connectivity index (χ3n) is 2.41. The maximum atomic E-state index is 13.7. The van der Waals surface area contributed by atoms with Crippen LogP contribution in [0.3, 0.4) is 0 Å². The smallest absolute Gasteiger partial charge is 0.145 e. The fraction of sp³-hybridized carbons (Fsp3) is 0.167. The van der Waals surface area contributed by atoms with Gasteiger partial charge in [-0.3, -0.25) is 0 Å². The zero-order valence-electron chi connectivity index (χ0n) is 9.54. The van der Waals surface area contributed by atoms with Gasteiger partial charge in [0.25, 0.3) is 0 Å². The first-order chi connectivity index (χ1) is 8.61. The number of benzene rings is 1. The fourth-order valence-corrected chi connectivity index (χ4v) is 2.24. The summed E-state index contributed by atoms with van der Waals surface area (Å²) < 4.78 is 14.7. The third-order valence-corrected chi connectivity index (χ3v) is 3.49. The molecule has 2 rings (SSSR count). The summed E-state index contributed by atoms with van der Waals surface area (Å²) >= 11 is 7.87. The summed E-state index contributed by atoms with van der Waals surface area (Å²) in [6.07, 6.45) is 2.02. The van der Waals surface area contributed by atoms with E-state index in [1.165, 1.54) is 6.07 Å². The van der Waals surface area contributed by atoms with Crippen LogP contribution in [0.25, 0.3) is 0 Å². The SMILES string of the molecule is CNc1nc(Cc2cccc(Cl)c2F)ncc1I. The zero-order chi connectivity index (χ0) is 13.1. The van der Waals surface area contributed by atoms with Crippen LogP contribution in [-0.2, 0) is 6.42 Å². The van der Waals surface area contributed by atoms with Crippen LogP contribution >= 0.6 is 34.2 Å². The van der Waals surface area contributed by atoms with E-state index in [4.69, 9.17) is 11.6 Å². The van der Waals surface area contributed by atoms with E-state index in [1.807, 2.05) is 0 Å². The molecule has 3 nitrogen and oxygen atoms in total. The van der Waals surface area contributed by atoms with Gasteiger partial charge in [-0.05, 0) is 34.2 Å². The normalized spacial score (nSPS) is 10.4. The van der Waals surface area contributed by atoms with Crippen LogP contribution in [0.5, 0.6) is 0 Å². The Morgan fingerprint density at radius 2 is 2.22 bits per heavy atom. The summed E-state index contributed by atoms with van der Waals surface area (Å²) in [7, 11) is 1.79. The molecule has 0 saturated carbocycles. The van der Waals surface area contributed by atoms with E-state index in [0.29, 0.717) is 17.8 Å². The van der Waals surface area contributed by atoms with E-state index < -0.39 is 5.82 Å². The largest absolute Gasteiger partial charge is 0.372 e. The van der Waals surface area contributed by atoms with Gasteiger partial charge >= 0.3 is 0 Å². The van der Waals surface area contributed by atoms with Crippen LogP contribution in [0.1, 0.15) is 11.4 Å². The number of rotatable bonds is 3. The Balaban J connectivity index is 2.31. The van der Waals surface area contributed by atoms with E-state index in [-0.39, 0.29) is 5.02 Å². The van der Waals surface area contributed by atoms with Crippen molar-refractivity contribution in [1.82, 2.24) is 9.97 Å². The zero-order valence-corrected chi connectivity index (χ0v) is 12.5. The van der Waals surface area contributed by atoms with Crippen molar-refractivity contribution < 1.29 is 4.39 Å². The molecule has 0 unspecified atom stereocenters. The van der Waals surface area contributed by atoms with Crippen LogP contribution in [0.15, 0.2) is 24.4 Å². The number of aromatic nitrogens is 2. The lowest BCUT2D eigenvalue weighted by Gasteiger charge is -2.06. The van der Waals surface area contributed by atoms with Gasteiger partial charge in [0, 0.05) is 19.7 Å². The molecule has 1 heterocycles. The summed E-state index contributed by atoms with van der Waals surface area (Å²) in [5, 5.41) is 3.09. The van der Waals surface area contributed by atoms with Gasteiger partial charge in [0.05, 0.1) is 8.59 Å². The molecule has 1 N–H and O–H groups in total. The Hall–Kier alpha value is -0.950. The second-order valence-corrected chi connectivity index (χ2v) is 5.19. The Labute approximate surface area is 123 Å². The summed E-state index contributed by atoms with van der Waals surface area (Å²) in [5.41, 5.74) is 0.491. The molecule has 0 aliphatic carbocycles. The molecule has 1 aromatic heterocycles. The number of nitrogens with one attached hydrogen (secondary N) is 1. The van der Waals surface area contributed by atoms with Crippen LogP contribution in [0.4, 0.5) is 10.2 Å². The lowest BCUT2D eigenvalue weighted by Crippen LogP contribution is -2.04. The van der Waals surface area contributed by atoms with E-state index >= 15 is 0 Å². The average Bonchev–Trinajstić information content (AvgIpc) is 2.37. The molecule has 0 bridgehead atoms. The van der Waals surface area contributed by atoms with Crippen LogP contribution < -0.4 is 5.32 Å². The Bertz CT molecular complexity index is 577. The van der Waals surface area contributed by atoms with Crippen molar-refractivity contribution in [3.8, 4) is 0 Å². The predicted octanol–water partition coefficient (Wildman–Crippen LogP) is 3.51. The van der Waals surface area contributed by atoms with Gasteiger partial charge < -0.3 is 5.32 Å². The van der Waals surface area contributed by atoms with Crippen molar-refractivity contribution >= 4 is 40.0 Å². The van der Waals surface area contributed by atoms with E-state index in [0.717, 1.165) is 9.39 Å². The number of nitrogens with zero attached hydrogens (tertiary/aromatic N) is 2. The molecule has 2 aromatic rings. The molecule has 0 saturated heterocycles. The van der Waals surface area contributed by atoms with Crippen molar-refractivity contribution in [3.05, 3.63) is 50.2 Å². The van der Waals surface area contributed by atoms with Crippen molar-refractivity contribution in [2.45, 2.75) is 6.42 Å². The molecule has 94 valence electrons. The van der Waals surface area contributed by atoms with Crippen molar-refractivity contribution in [2.75, 3.05) is 12.4 Å². The first kappa shape index (κ1) is 13.5. The topological polar surface area (TPSA) is 37.8 Å². The van der Waals surface area contributed by atoms with Crippen LogP contribution in [-0.4, -0.2) is 17.0 Å². The molecule has 0 atom stereocenters. The molecule has 18 heavy (non-hydrogen) atoms. The first-order valence-electron chi connectivity index (χ1n) is 5.24. The minimum atomic E-state index is -0.410. The first-order valence-corrected chi connectivity index (χ1v) is 6.69. The number of hydrogen-bond acceptors (Lipinski definition) is 3. The quantitative estimate of drug-likeness (QED) is 0.832. The van der Waals surface area contributed by atoms with Gasteiger partial charge in [-0.15, -0.1) is 0 Å². The monoisotopic (exact) mass is 377 g/mol. The Kier molecular flexibility index (Phi) is 4.34. The molecular formula is C12H10ClFIN3. The van der Waals surface area contributed by atoms with E-state index in [2.05, 4.69) is 37.9 Å². The third kappa shape index (κ3) is 2.89. The molecule has 0 radical (unpaired) electrons. The number of halogens is 3. The number of anilines is 1. The average molecular weight is 378 g/mol. The molecule has 0 amide bonds. The van der Waals surface area contributed by atoms with Crippen LogP contribution in [0, 0.1) is 9.39 Å². The summed E-state index contributed by atoms with van der Waals surface area (Å²) in [4.78, 5) is 8.50. The molecule has 0 aliphatic heterocycles. The summed E-state index contributed by atoms with van der Waals surface area (Å²) in [6.45, 7) is 0. The summed E-state index contributed by atoms with van der Waals surface area (Å²) in [6, 6.07) is 4.92. The molecule has 0 fully saturated rings. The van der Waals surface area contributed by atoms with Crippen molar-refractivity contribution in [3.63, 3.8) is 0 Å². The molecule has 6 heteroatoms. The van der Waals surface area contributed by atoms with E-state index in [9.17, 15) is 4.39 Å². The van der Waals surface area contributed by atoms with Gasteiger partial charge in [0.2, 0.25) is 0 Å².